The van der Waals surface area contributed by atoms with E-state index in [2.05, 4.69) is 9.93 Å². The van der Waals surface area contributed by atoms with Crippen LogP contribution in [0.4, 0.5) is 0 Å². The molecule has 0 aromatic heterocycles. The fourth-order valence-corrected chi connectivity index (χ4v) is 5.34. The molecule has 1 N–H and O–H groups in total. The maximum absolute atomic E-state index is 13.4. The number of hydrogen-bond acceptors (Lipinski definition) is 5. The number of nitrogens with zero attached hydrogens (tertiary/aromatic N) is 1. The molecule has 0 saturated carbocycles. The molecule has 0 saturated heterocycles. The van der Waals surface area contributed by atoms with E-state index in [-0.39, 0.29) is 16.3 Å². The van der Waals surface area contributed by atoms with E-state index >= 15 is 0 Å². The van der Waals surface area contributed by atoms with Crippen molar-refractivity contribution in [1.29, 1.82) is 0 Å². The summed E-state index contributed by atoms with van der Waals surface area (Å²) in [6.07, 6.45) is 0. The highest BCUT2D eigenvalue weighted by Crippen LogP contribution is 2.48. The minimum absolute atomic E-state index is 0.0851. The number of aryl methyl sites for hydroxylation is 1. The Balaban J connectivity index is 2.43. The lowest BCUT2D eigenvalue weighted by Gasteiger charge is -2.21. The van der Waals surface area contributed by atoms with Gasteiger partial charge >= 0.3 is 0 Å². The Morgan fingerprint density at radius 2 is 1.65 bits per heavy atom. The second-order valence-corrected chi connectivity index (χ2v) is 10.2. The minimum atomic E-state index is -3.87. The van der Waals surface area contributed by atoms with Crippen LogP contribution in [0.3, 0.4) is 0 Å². The number of hydrazone groups is 1. The van der Waals surface area contributed by atoms with Crippen LogP contribution >= 0.6 is 7.37 Å². The van der Waals surface area contributed by atoms with Crippen molar-refractivity contribution in [3.8, 4) is 0 Å². The molecule has 8 heteroatoms. The van der Waals surface area contributed by atoms with Crippen molar-refractivity contribution in [1.82, 2.24) is 4.83 Å². The number of rotatable bonds is 7. The Hall–Kier alpha value is -1.95. The van der Waals surface area contributed by atoms with Crippen molar-refractivity contribution in [3.05, 3.63) is 60.2 Å². The van der Waals surface area contributed by atoms with E-state index in [1.807, 2.05) is 6.92 Å². The van der Waals surface area contributed by atoms with Gasteiger partial charge in [0.15, 0.2) is 0 Å². The van der Waals surface area contributed by atoms with Gasteiger partial charge in [0.1, 0.15) is 5.45 Å². The largest absolute Gasteiger partial charge is 0.325 e. The zero-order valence-corrected chi connectivity index (χ0v) is 16.9. The Morgan fingerprint density at radius 3 is 2.15 bits per heavy atom. The quantitative estimate of drug-likeness (QED) is 0.443. The maximum Gasteiger partial charge on any atom is 0.276 e. The molecule has 2 rings (SSSR count). The predicted molar refractivity (Wildman–Crippen MR) is 104 cm³/mol. The van der Waals surface area contributed by atoms with Crippen LogP contribution in [0.25, 0.3) is 0 Å². The van der Waals surface area contributed by atoms with E-state index in [0.29, 0.717) is 5.30 Å². The van der Waals surface area contributed by atoms with Gasteiger partial charge in [-0.2, -0.15) is 18.4 Å². The van der Waals surface area contributed by atoms with Crippen LogP contribution < -0.4 is 10.1 Å². The predicted octanol–water partition coefficient (Wildman–Crippen LogP) is 3.49. The summed E-state index contributed by atoms with van der Waals surface area (Å²) < 4.78 is 43.7. The third-order valence-corrected chi connectivity index (χ3v) is 7.72. The molecule has 2 aromatic carbocycles. The number of hydrogen-bond donors (Lipinski definition) is 1. The average Bonchev–Trinajstić information content (AvgIpc) is 2.62. The van der Waals surface area contributed by atoms with Crippen LogP contribution in [0.5, 0.6) is 0 Å². The summed E-state index contributed by atoms with van der Waals surface area (Å²) in [4.78, 5) is 2.28. The topological polar surface area (TPSA) is 84.8 Å². The molecule has 0 radical (unpaired) electrons. The molecule has 0 aliphatic heterocycles. The molecule has 1 unspecified atom stereocenters. The zero-order chi connectivity index (χ0) is 19.4. The monoisotopic (exact) mass is 394 g/mol. The van der Waals surface area contributed by atoms with E-state index in [0.717, 1.165) is 5.56 Å². The summed E-state index contributed by atoms with van der Waals surface area (Å²) in [5.41, 5.74) is 1.10. The van der Waals surface area contributed by atoms with Gasteiger partial charge in [-0.25, -0.2) is 0 Å². The van der Waals surface area contributed by atoms with E-state index < -0.39 is 17.4 Å². The molecule has 6 nitrogen and oxygen atoms in total. The second-order valence-electron chi connectivity index (χ2n) is 6.10. The summed E-state index contributed by atoms with van der Waals surface area (Å²) in [6.45, 7) is 5.44. The van der Waals surface area contributed by atoms with E-state index in [1.165, 1.54) is 19.2 Å². The highest BCUT2D eigenvalue weighted by Gasteiger charge is 2.34. The van der Waals surface area contributed by atoms with Gasteiger partial charge in [-0.05, 0) is 31.2 Å². The van der Waals surface area contributed by atoms with Gasteiger partial charge < -0.3 is 4.52 Å². The number of sulfonamides is 1. The molecule has 0 bridgehead atoms. The van der Waals surface area contributed by atoms with Gasteiger partial charge in [-0.1, -0.05) is 49.7 Å². The summed E-state index contributed by atoms with van der Waals surface area (Å²) in [5.74, 6) is -0.290. The smallest absolute Gasteiger partial charge is 0.276 e. The lowest BCUT2D eigenvalue weighted by atomic mass is 10.2. The fraction of sp³-hybridized carbons (Fsp3) is 0.278. The molecule has 0 heterocycles. The molecule has 0 amide bonds. The van der Waals surface area contributed by atoms with Crippen LogP contribution in [0.15, 0.2) is 64.6 Å². The Labute approximate surface area is 154 Å². The number of nitrogens with one attached hydrogen (secondary N) is 1. The van der Waals surface area contributed by atoms with E-state index in [4.69, 9.17) is 4.52 Å². The van der Waals surface area contributed by atoms with Crippen molar-refractivity contribution in [2.45, 2.75) is 25.7 Å². The van der Waals surface area contributed by atoms with E-state index in [1.54, 1.807) is 56.3 Å². The lowest BCUT2D eigenvalue weighted by molar-refractivity contribution is 0.413. The average molecular weight is 394 g/mol. The summed E-state index contributed by atoms with van der Waals surface area (Å²) in [5, 5.41) is 4.47. The maximum atomic E-state index is 13.4. The standard InChI is InChI=1S/C18H23N2O4PS/c1-14(2)18(25(21,24-4)16-8-6-5-7-9-16)19-20-26(22,23)17-12-10-15(3)11-13-17/h5-14,20H,1-4H3. The van der Waals surface area contributed by atoms with Crippen molar-refractivity contribution in [2.24, 2.45) is 11.0 Å². The summed E-state index contributed by atoms with van der Waals surface area (Å²) >= 11 is 0. The van der Waals surface area contributed by atoms with E-state index in [9.17, 15) is 13.0 Å². The molecule has 1 atom stereocenters. The van der Waals surface area contributed by atoms with Gasteiger partial charge in [-0.15, -0.1) is 0 Å². The molecule has 2 aromatic rings. The molecule has 0 fully saturated rings. The van der Waals surface area contributed by atoms with Crippen LogP contribution in [-0.2, 0) is 19.1 Å². The van der Waals surface area contributed by atoms with Crippen LogP contribution in [-0.4, -0.2) is 21.0 Å². The first-order chi connectivity index (χ1) is 12.2. The SMILES string of the molecule is COP(=O)(C(=NNS(=O)(=O)c1ccc(C)cc1)C(C)C)c1ccccc1. The highest BCUT2D eigenvalue weighted by atomic mass is 32.2. The normalized spacial score (nSPS) is 14.9. The van der Waals surface area contributed by atoms with Crippen LogP contribution in [0.1, 0.15) is 19.4 Å². The summed E-state index contributed by atoms with van der Waals surface area (Å²) in [7, 11) is -6.02. The fourth-order valence-electron chi connectivity index (χ4n) is 2.37. The molecule has 0 aliphatic carbocycles. The van der Waals surface area contributed by atoms with Gasteiger partial charge in [0.2, 0.25) is 0 Å². The first-order valence-electron chi connectivity index (χ1n) is 8.08. The van der Waals surface area contributed by atoms with Crippen molar-refractivity contribution in [3.63, 3.8) is 0 Å². The molecule has 0 spiro atoms. The third-order valence-electron chi connectivity index (χ3n) is 3.78. The van der Waals surface area contributed by atoms with Crippen LogP contribution in [0.2, 0.25) is 0 Å². The first-order valence-corrected chi connectivity index (χ1v) is 11.2. The van der Waals surface area contributed by atoms with Crippen LogP contribution in [0, 0.1) is 12.8 Å². The van der Waals surface area contributed by atoms with Crippen molar-refractivity contribution >= 4 is 28.1 Å². The van der Waals surface area contributed by atoms with Gasteiger partial charge in [-0.3, -0.25) is 4.57 Å². The summed E-state index contributed by atoms with van der Waals surface area (Å²) in [6, 6.07) is 15.0. The molecular formula is C18H23N2O4PS. The Bertz CT molecular complexity index is 923. The van der Waals surface area contributed by atoms with Gasteiger partial charge in [0.05, 0.1) is 4.90 Å². The molecule has 140 valence electrons. The Morgan fingerprint density at radius 1 is 1.08 bits per heavy atom. The third kappa shape index (κ3) is 4.41. The molecular weight excluding hydrogens is 371 g/mol. The number of benzene rings is 2. The Kier molecular flexibility index (Phi) is 6.39. The minimum Gasteiger partial charge on any atom is -0.325 e. The van der Waals surface area contributed by atoms with Gasteiger partial charge in [0, 0.05) is 18.3 Å². The van der Waals surface area contributed by atoms with Gasteiger partial charge in [0.25, 0.3) is 17.4 Å². The second kappa shape index (κ2) is 8.16. The zero-order valence-electron chi connectivity index (χ0n) is 15.2. The lowest BCUT2D eigenvalue weighted by Crippen LogP contribution is -2.25. The first kappa shape index (κ1) is 20.4. The molecule has 0 aliphatic rings. The van der Waals surface area contributed by atoms with Crippen molar-refractivity contribution in [2.75, 3.05) is 7.11 Å². The molecule has 26 heavy (non-hydrogen) atoms. The van der Waals surface area contributed by atoms with Crippen molar-refractivity contribution < 1.29 is 17.5 Å². The highest BCUT2D eigenvalue weighted by molar-refractivity contribution is 7.89.